The highest BCUT2D eigenvalue weighted by molar-refractivity contribution is 6.31. The monoisotopic (exact) mass is 390 g/mol. The Bertz CT molecular complexity index is 788. The van der Waals surface area contributed by atoms with Crippen molar-refractivity contribution in [3.63, 3.8) is 0 Å². The van der Waals surface area contributed by atoms with Crippen LogP contribution in [0, 0.1) is 5.41 Å². The van der Waals surface area contributed by atoms with Crippen molar-refractivity contribution < 1.29 is 14.3 Å². The fraction of sp³-hybridized carbons (Fsp3) is 0.524. The van der Waals surface area contributed by atoms with Gasteiger partial charge in [-0.15, -0.1) is 0 Å². The Morgan fingerprint density at radius 2 is 2.04 bits per heavy atom. The fourth-order valence-electron chi connectivity index (χ4n) is 3.73. The first-order chi connectivity index (χ1) is 13.1. The maximum absolute atomic E-state index is 12.5. The summed E-state index contributed by atoms with van der Waals surface area (Å²) in [6.07, 6.45) is 2.29. The highest BCUT2D eigenvalue weighted by Crippen LogP contribution is 2.37. The number of nitrogens with zero attached hydrogens (tertiary/aromatic N) is 2. The zero-order valence-corrected chi connectivity index (χ0v) is 16.8. The largest absolute Gasteiger partial charge is 0.466 e. The van der Waals surface area contributed by atoms with Crippen molar-refractivity contribution in [2.24, 2.45) is 5.41 Å². The molecule has 1 saturated heterocycles. The van der Waals surface area contributed by atoms with E-state index in [0.29, 0.717) is 19.6 Å². The third kappa shape index (κ3) is 4.78. The molecular weight excluding hydrogens is 364 g/mol. The van der Waals surface area contributed by atoms with Crippen LogP contribution in [0.3, 0.4) is 0 Å². The molecule has 0 bridgehead atoms. The smallest absolute Gasteiger partial charge is 0.312 e. The minimum atomic E-state index is -0.421. The highest BCUT2D eigenvalue weighted by Gasteiger charge is 2.42. The second-order valence-electron chi connectivity index (χ2n) is 7.16. The fourth-order valence-corrected chi connectivity index (χ4v) is 3.91. The van der Waals surface area contributed by atoms with Crippen molar-refractivity contribution in [2.75, 3.05) is 33.4 Å². The van der Waals surface area contributed by atoms with Crippen molar-refractivity contribution in [3.05, 3.63) is 41.0 Å². The lowest BCUT2D eigenvalue weighted by molar-refractivity contribution is -0.160. The number of hydrogen-bond acceptors (Lipinski definition) is 5. The SMILES string of the molecule is CCOC(=O)C1(CCOC)CCN(Cc2ccc3cc(Cl)ccc3n2)CC1. The molecule has 0 atom stereocenters. The number of halogens is 1. The average molecular weight is 391 g/mol. The van der Waals surface area contributed by atoms with Crippen molar-refractivity contribution in [1.29, 1.82) is 0 Å². The van der Waals surface area contributed by atoms with Crippen LogP contribution >= 0.6 is 11.6 Å². The number of aromatic nitrogens is 1. The van der Waals surface area contributed by atoms with Crippen LogP contribution in [-0.4, -0.2) is 49.3 Å². The van der Waals surface area contributed by atoms with Gasteiger partial charge in [-0.3, -0.25) is 14.7 Å². The summed E-state index contributed by atoms with van der Waals surface area (Å²) in [6.45, 7) is 5.33. The summed E-state index contributed by atoms with van der Waals surface area (Å²) < 4.78 is 10.6. The Morgan fingerprint density at radius 1 is 1.26 bits per heavy atom. The molecule has 1 aromatic carbocycles. The maximum Gasteiger partial charge on any atom is 0.312 e. The molecule has 1 aromatic heterocycles. The van der Waals surface area contributed by atoms with Crippen molar-refractivity contribution >= 4 is 28.5 Å². The minimum absolute atomic E-state index is 0.0811. The van der Waals surface area contributed by atoms with Gasteiger partial charge in [-0.25, -0.2) is 0 Å². The lowest BCUT2D eigenvalue weighted by Gasteiger charge is -2.39. The van der Waals surface area contributed by atoms with Gasteiger partial charge in [-0.05, 0) is 63.5 Å². The standard InChI is InChI=1S/C21H27ClN2O3/c1-3-27-20(25)21(10-13-26-2)8-11-24(12-9-21)15-18-6-4-16-14-17(22)5-7-19(16)23-18/h4-7,14H,3,8-13,15H2,1-2H3. The Kier molecular flexibility index (Phi) is 6.68. The zero-order chi connectivity index (χ0) is 19.3. The molecule has 0 spiro atoms. The molecule has 2 aromatic rings. The molecule has 1 aliphatic rings. The van der Waals surface area contributed by atoms with Crippen LogP contribution in [0.15, 0.2) is 30.3 Å². The van der Waals surface area contributed by atoms with Gasteiger partial charge in [0.25, 0.3) is 0 Å². The number of pyridine rings is 1. The summed E-state index contributed by atoms with van der Waals surface area (Å²) in [5, 5.41) is 1.77. The highest BCUT2D eigenvalue weighted by atomic mass is 35.5. The van der Waals surface area contributed by atoms with Crippen molar-refractivity contribution in [1.82, 2.24) is 9.88 Å². The first-order valence-electron chi connectivity index (χ1n) is 9.50. The summed E-state index contributed by atoms with van der Waals surface area (Å²) in [6, 6.07) is 9.86. The average Bonchev–Trinajstić information content (AvgIpc) is 2.68. The van der Waals surface area contributed by atoms with E-state index in [0.717, 1.165) is 54.1 Å². The Hall–Kier alpha value is -1.69. The maximum atomic E-state index is 12.5. The number of methoxy groups -OCH3 is 1. The van der Waals surface area contributed by atoms with Gasteiger partial charge in [0, 0.05) is 30.7 Å². The second-order valence-corrected chi connectivity index (χ2v) is 7.60. The van der Waals surface area contributed by atoms with Crippen LogP contribution in [0.4, 0.5) is 0 Å². The number of carbonyl (C=O) groups is 1. The van der Waals surface area contributed by atoms with Gasteiger partial charge in [0.1, 0.15) is 0 Å². The quantitative estimate of drug-likeness (QED) is 0.667. The van der Waals surface area contributed by atoms with Crippen molar-refractivity contribution in [3.8, 4) is 0 Å². The van der Waals surface area contributed by atoms with Crippen LogP contribution in [0.1, 0.15) is 31.9 Å². The number of piperidine rings is 1. The summed E-state index contributed by atoms with van der Waals surface area (Å²) in [5.74, 6) is -0.0811. The third-order valence-corrected chi connectivity index (χ3v) is 5.64. The molecule has 0 unspecified atom stereocenters. The molecule has 146 valence electrons. The topological polar surface area (TPSA) is 51.7 Å². The number of hydrogen-bond donors (Lipinski definition) is 0. The van der Waals surface area contributed by atoms with Gasteiger partial charge in [-0.1, -0.05) is 17.7 Å². The molecule has 6 heteroatoms. The molecule has 0 N–H and O–H groups in total. The van der Waals surface area contributed by atoms with E-state index in [1.165, 1.54) is 0 Å². The molecule has 0 aliphatic carbocycles. The summed E-state index contributed by atoms with van der Waals surface area (Å²) in [5.41, 5.74) is 1.57. The van der Waals surface area contributed by atoms with Gasteiger partial charge in [0.2, 0.25) is 0 Å². The lowest BCUT2D eigenvalue weighted by Crippen LogP contribution is -2.45. The van der Waals surface area contributed by atoms with E-state index < -0.39 is 5.41 Å². The van der Waals surface area contributed by atoms with E-state index in [2.05, 4.69) is 17.0 Å². The van der Waals surface area contributed by atoms with E-state index in [-0.39, 0.29) is 5.97 Å². The normalized spacial score (nSPS) is 17.1. The summed E-state index contributed by atoms with van der Waals surface area (Å²) in [7, 11) is 1.67. The van der Waals surface area contributed by atoms with Gasteiger partial charge in [0.15, 0.2) is 0 Å². The number of rotatable bonds is 7. The Balaban J connectivity index is 1.65. The predicted molar refractivity (Wildman–Crippen MR) is 107 cm³/mol. The zero-order valence-electron chi connectivity index (χ0n) is 16.0. The molecule has 0 amide bonds. The Labute approximate surface area is 165 Å². The number of fused-ring (bicyclic) bond motifs is 1. The number of esters is 1. The lowest BCUT2D eigenvalue weighted by atomic mass is 9.75. The molecule has 0 saturated carbocycles. The first-order valence-corrected chi connectivity index (χ1v) is 9.88. The van der Waals surface area contributed by atoms with Gasteiger partial charge >= 0.3 is 5.97 Å². The molecule has 2 heterocycles. The second kappa shape index (κ2) is 9.00. The Morgan fingerprint density at radius 3 is 2.74 bits per heavy atom. The first kappa shape index (κ1) is 20.1. The molecule has 3 rings (SSSR count). The number of likely N-dealkylation sites (tertiary alicyclic amines) is 1. The van der Waals surface area contributed by atoms with E-state index in [4.69, 9.17) is 26.1 Å². The van der Waals surface area contributed by atoms with Gasteiger partial charge < -0.3 is 9.47 Å². The van der Waals surface area contributed by atoms with Crippen LogP contribution in [0.5, 0.6) is 0 Å². The van der Waals surface area contributed by atoms with E-state index >= 15 is 0 Å². The molecule has 1 aliphatic heterocycles. The van der Waals surface area contributed by atoms with Gasteiger partial charge in [-0.2, -0.15) is 0 Å². The third-order valence-electron chi connectivity index (χ3n) is 5.40. The van der Waals surface area contributed by atoms with Crippen LogP contribution in [0.25, 0.3) is 10.9 Å². The van der Waals surface area contributed by atoms with E-state index in [1.54, 1.807) is 7.11 Å². The number of benzene rings is 1. The van der Waals surface area contributed by atoms with E-state index in [1.807, 2.05) is 25.1 Å². The molecule has 1 fully saturated rings. The molecule has 0 radical (unpaired) electrons. The predicted octanol–water partition coefficient (Wildman–Crippen LogP) is 4.07. The molecule has 27 heavy (non-hydrogen) atoms. The van der Waals surface area contributed by atoms with Crippen LogP contribution < -0.4 is 0 Å². The van der Waals surface area contributed by atoms with Gasteiger partial charge in [0.05, 0.1) is 23.2 Å². The van der Waals surface area contributed by atoms with E-state index in [9.17, 15) is 4.79 Å². The van der Waals surface area contributed by atoms with Crippen LogP contribution in [-0.2, 0) is 20.8 Å². The minimum Gasteiger partial charge on any atom is -0.466 e. The number of ether oxygens (including phenoxy) is 2. The molecular formula is C21H27ClN2O3. The van der Waals surface area contributed by atoms with Crippen LogP contribution in [0.2, 0.25) is 5.02 Å². The van der Waals surface area contributed by atoms with Crippen molar-refractivity contribution in [2.45, 2.75) is 32.7 Å². The summed E-state index contributed by atoms with van der Waals surface area (Å²) >= 11 is 6.04. The summed E-state index contributed by atoms with van der Waals surface area (Å²) in [4.78, 5) is 19.6. The molecule has 5 nitrogen and oxygen atoms in total. The number of carbonyl (C=O) groups excluding carboxylic acids is 1.